The van der Waals surface area contributed by atoms with E-state index in [9.17, 15) is 17.2 Å². The number of sulfonamides is 1. The van der Waals surface area contributed by atoms with Gasteiger partial charge in [-0.05, 0) is 61.0 Å². The second-order valence-corrected chi connectivity index (χ2v) is 8.46. The quantitative estimate of drug-likeness (QED) is 0.451. The number of nitrogens with zero attached hydrogens (tertiary/aromatic N) is 1. The van der Waals surface area contributed by atoms with E-state index in [0.29, 0.717) is 22.8 Å². The Balaban J connectivity index is 1.67. The van der Waals surface area contributed by atoms with Gasteiger partial charge in [0.25, 0.3) is 10.0 Å². The van der Waals surface area contributed by atoms with Crippen LogP contribution in [0.5, 0.6) is 0 Å². The van der Waals surface area contributed by atoms with Crippen molar-refractivity contribution in [2.24, 2.45) is 0 Å². The zero-order valence-electron chi connectivity index (χ0n) is 15.9. The summed E-state index contributed by atoms with van der Waals surface area (Å²) in [7, 11) is -4.19. The maximum absolute atomic E-state index is 13.4. The van der Waals surface area contributed by atoms with Crippen LogP contribution >= 0.6 is 0 Å². The number of aromatic nitrogens is 1. The molecule has 0 fully saturated rings. The van der Waals surface area contributed by atoms with Crippen LogP contribution in [0, 0.1) is 18.6 Å². The van der Waals surface area contributed by atoms with E-state index < -0.39 is 26.6 Å². The minimum Gasteiger partial charge on any atom is -0.340 e. The first-order chi connectivity index (χ1) is 14.3. The highest BCUT2D eigenvalue weighted by molar-refractivity contribution is 7.92. The van der Waals surface area contributed by atoms with Crippen LogP contribution in [-0.2, 0) is 10.0 Å². The molecule has 0 saturated heterocycles. The van der Waals surface area contributed by atoms with Crippen molar-refractivity contribution in [2.75, 3.05) is 10.0 Å². The van der Waals surface area contributed by atoms with Gasteiger partial charge in [0.05, 0.1) is 16.1 Å². The Hall–Kier alpha value is -3.52. The molecule has 0 saturated carbocycles. The molecule has 30 heavy (non-hydrogen) atoms. The normalized spacial score (nSPS) is 11.4. The van der Waals surface area contributed by atoms with Gasteiger partial charge in [-0.25, -0.2) is 22.2 Å². The fourth-order valence-electron chi connectivity index (χ4n) is 3.07. The minimum absolute atomic E-state index is 0.256. The summed E-state index contributed by atoms with van der Waals surface area (Å²) in [5.41, 5.74) is 2.79. The van der Waals surface area contributed by atoms with Crippen LogP contribution in [0.3, 0.4) is 0 Å². The number of benzene rings is 3. The average molecular weight is 425 g/mol. The maximum atomic E-state index is 13.4. The number of hydrogen-bond acceptors (Lipinski definition) is 4. The van der Waals surface area contributed by atoms with Crippen LogP contribution in [0.2, 0.25) is 0 Å². The predicted octanol–water partition coefficient (Wildman–Crippen LogP) is 5.37. The van der Waals surface area contributed by atoms with E-state index in [1.807, 2.05) is 31.2 Å². The molecule has 0 radical (unpaired) electrons. The molecule has 8 heteroatoms. The summed E-state index contributed by atoms with van der Waals surface area (Å²) >= 11 is 0. The van der Waals surface area contributed by atoms with Crippen molar-refractivity contribution in [3.05, 3.63) is 90.0 Å². The molecule has 0 unspecified atom stereocenters. The van der Waals surface area contributed by atoms with E-state index in [2.05, 4.69) is 15.0 Å². The lowest BCUT2D eigenvalue weighted by Gasteiger charge is -2.12. The summed E-state index contributed by atoms with van der Waals surface area (Å²) in [5, 5.41) is 3.76. The van der Waals surface area contributed by atoms with Crippen molar-refractivity contribution >= 4 is 38.1 Å². The molecule has 0 atom stereocenters. The number of nitrogens with one attached hydrogen (secondary N) is 2. The lowest BCUT2D eigenvalue weighted by Crippen LogP contribution is -2.14. The number of aryl methyl sites for hydroxylation is 1. The molecule has 2 N–H and O–H groups in total. The molecular weight excluding hydrogens is 408 g/mol. The molecular formula is C22H17F2N3O2S. The van der Waals surface area contributed by atoms with Gasteiger partial charge in [0.15, 0.2) is 0 Å². The Morgan fingerprint density at radius 3 is 2.33 bits per heavy atom. The van der Waals surface area contributed by atoms with Gasteiger partial charge in [0.2, 0.25) is 0 Å². The third-order valence-electron chi connectivity index (χ3n) is 4.41. The van der Waals surface area contributed by atoms with Gasteiger partial charge in [-0.2, -0.15) is 0 Å². The molecule has 1 aromatic heterocycles. The van der Waals surface area contributed by atoms with Crippen LogP contribution in [0.4, 0.5) is 26.0 Å². The van der Waals surface area contributed by atoms with Crippen LogP contribution < -0.4 is 10.0 Å². The van der Waals surface area contributed by atoms with Crippen LogP contribution in [0.1, 0.15) is 5.56 Å². The maximum Gasteiger partial charge on any atom is 0.262 e. The van der Waals surface area contributed by atoms with Crippen molar-refractivity contribution in [3.8, 4) is 0 Å². The first-order valence-corrected chi connectivity index (χ1v) is 10.5. The highest BCUT2D eigenvalue weighted by Gasteiger charge is 2.18. The monoisotopic (exact) mass is 425 g/mol. The number of rotatable bonds is 5. The first-order valence-electron chi connectivity index (χ1n) is 9.02. The van der Waals surface area contributed by atoms with Crippen molar-refractivity contribution in [1.82, 2.24) is 4.98 Å². The Labute approximate surface area is 172 Å². The number of halogens is 2. The summed E-state index contributed by atoms with van der Waals surface area (Å²) in [5.74, 6) is -1.34. The fourth-order valence-corrected chi connectivity index (χ4v) is 4.19. The number of fused-ring (bicyclic) bond motifs is 1. The van der Waals surface area contributed by atoms with Gasteiger partial charge in [-0.3, -0.25) is 4.72 Å². The number of anilines is 3. The summed E-state index contributed by atoms with van der Waals surface area (Å²) in [6.45, 7) is 1.99. The van der Waals surface area contributed by atoms with Crippen LogP contribution in [-0.4, -0.2) is 13.4 Å². The number of pyridine rings is 1. The van der Waals surface area contributed by atoms with Gasteiger partial charge in [0.1, 0.15) is 17.5 Å². The fraction of sp³-hybridized carbons (Fsp3) is 0.0455. The molecule has 5 nitrogen and oxygen atoms in total. The van der Waals surface area contributed by atoms with E-state index in [0.717, 1.165) is 23.4 Å². The smallest absolute Gasteiger partial charge is 0.262 e. The SMILES string of the molecule is Cc1cccc(Nc2ccc3c(NS(=O)(=O)c4cc(F)cc(F)c4)cccc3n2)c1. The van der Waals surface area contributed by atoms with E-state index in [1.54, 1.807) is 30.3 Å². The summed E-state index contributed by atoms with van der Waals surface area (Å²) in [6.07, 6.45) is 0. The van der Waals surface area contributed by atoms with Gasteiger partial charge in [-0.15, -0.1) is 0 Å². The first kappa shape index (κ1) is 19.8. The summed E-state index contributed by atoms with van der Waals surface area (Å²) in [4.78, 5) is 4.03. The lowest BCUT2D eigenvalue weighted by molar-refractivity contribution is 0.568. The van der Waals surface area contributed by atoms with Crippen molar-refractivity contribution < 1.29 is 17.2 Å². The Bertz CT molecular complexity index is 1340. The molecule has 1 heterocycles. The Morgan fingerprint density at radius 1 is 0.867 bits per heavy atom. The number of hydrogen-bond donors (Lipinski definition) is 2. The second-order valence-electron chi connectivity index (χ2n) is 6.77. The topological polar surface area (TPSA) is 71.1 Å². The highest BCUT2D eigenvalue weighted by Crippen LogP contribution is 2.27. The standard InChI is InChI=1S/C22H17F2N3O2S/c1-14-4-2-5-17(10-14)25-22-9-8-19-20(26-22)6-3-7-21(19)27-30(28,29)18-12-15(23)11-16(24)13-18/h2-13,27H,1H3,(H,25,26). The van der Waals surface area contributed by atoms with Crippen LogP contribution in [0.25, 0.3) is 10.9 Å². The third-order valence-corrected chi connectivity index (χ3v) is 5.76. The summed E-state index contributed by atoms with van der Waals surface area (Å²) < 4.78 is 54.5. The van der Waals surface area contributed by atoms with Crippen LogP contribution in [0.15, 0.2) is 77.7 Å². The molecule has 0 bridgehead atoms. The lowest BCUT2D eigenvalue weighted by atomic mass is 10.2. The molecule has 3 aromatic carbocycles. The molecule has 4 aromatic rings. The van der Waals surface area contributed by atoms with Crippen molar-refractivity contribution in [1.29, 1.82) is 0 Å². The largest absolute Gasteiger partial charge is 0.340 e. The molecule has 0 amide bonds. The highest BCUT2D eigenvalue weighted by atomic mass is 32.2. The van der Waals surface area contributed by atoms with Crippen molar-refractivity contribution in [3.63, 3.8) is 0 Å². The van der Waals surface area contributed by atoms with Gasteiger partial charge >= 0.3 is 0 Å². The molecule has 0 aliphatic rings. The van der Waals surface area contributed by atoms with E-state index >= 15 is 0 Å². The third kappa shape index (κ3) is 4.23. The molecule has 0 aliphatic carbocycles. The predicted molar refractivity (Wildman–Crippen MR) is 113 cm³/mol. The Morgan fingerprint density at radius 2 is 1.60 bits per heavy atom. The average Bonchev–Trinajstić information content (AvgIpc) is 2.67. The molecule has 0 spiro atoms. The van der Waals surface area contributed by atoms with Crippen molar-refractivity contribution in [2.45, 2.75) is 11.8 Å². The van der Waals surface area contributed by atoms with E-state index in [1.165, 1.54) is 0 Å². The molecule has 152 valence electrons. The summed E-state index contributed by atoms with van der Waals surface area (Å²) in [6, 6.07) is 18.4. The van der Waals surface area contributed by atoms with Gasteiger partial charge < -0.3 is 5.32 Å². The van der Waals surface area contributed by atoms with E-state index in [-0.39, 0.29) is 5.69 Å². The molecule has 4 rings (SSSR count). The Kier molecular flexibility index (Phi) is 5.09. The van der Waals surface area contributed by atoms with E-state index in [4.69, 9.17) is 0 Å². The van der Waals surface area contributed by atoms with Gasteiger partial charge in [-0.1, -0.05) is 18.2 Å². The molecule has 0 aliphatic heterocycles. The zero-order chi connectivity index (χ0) is 21.3. The minimum atomic E-state index is -4.19. The van der Waals surface area contributed by atoms with Gasteiger partial charge in [0, 0.05) is 17.1 Å². The second kappa shape index (κ2) is 7.72. The zero-order valence-corrected chi connectivity index (χ0v) is 16.7.